The minimum Gasteiger partial charge on any atom is -0.339 e. The number of carbonyl (C=O) groups is 1. The first-order valence-electron chi connectivity index (χ1n) is 7.73. The van der Waals surface area contributed by atoms with Crippen molar-refractivity contribution in [3.8, 4) is 0 Å². The maximum absolute atomic E-state index is 13.4. The molecule has 0 saturated carbocycles. The van der Waals surface area contributed by atoms with Gasteiger partial charge in [-0.3, -0.25) is 4.79 Å². The molecule has 2 heterocycles. The Morgan fingerprint density at radius 1 is 1.18 bits per heavy atom. The number of nitrogens with one attached hydrogen (secondary N) is 1. The van der Waals surface area contributed by atoms with Crippen LogP contribution in [0.1, 0.15) is 36.0 Å². The van der Waals surface area contributed by atoms with Crippen LogP contribution in [0.3, 0.4) is 0 Å². The van der Waals surface area contributed by atoms with Crippen molar-refractivity contribution < 1.29 is 13.6 Å². The van der Waals surface area contributed by atoms with Crippen LogP contribution in [0.5, 0.6) is 0 Å². The molecular weight excluding hydrogens is 354 g/mol. The Labute approximate surface area is 137 Å². The Morgan fingerprint density at radius 2 is 1.86 bits per heavy atom. The van der Waals surface area contributed by atoms with E-state index in [1.54, 1.807) is 4.90 Å². The van der Waals surface area contributed by atoms with Crippen molar-refractivity contribution in [1.82, 2.24) is 10.2 Å². The molecule has 1 aromatic carbocycles. The lowest BCUT2D eigenvalue weighted by atomic mass is 9.88. The number of likely N-dealkylation sites (tertiary alicyclic amines) is 1. The van der Waals surface area contributed by atoms with Crippen LogP contribution >= 0.6 is 15.9 Å². The normalized spacial score (nSPS) is 23.0. The molecule has 1 aromatic rings. The van der Waals surface area contributed by atoms with Gasteiger partial charge in [-0.25, -0.2) is 8.78 Å². The van der Waals surface area contributed by atoms with Crippen LogP contribution in [0.4, 0.5) is 8.78 Å². The van der Waals surface area contributed by atoms with E-state index < -0.39 is 11.6 Å². The molecule has 3 rings (SSSR count). The quantitative estimate of drug-likeness (QED) is 0.807. The lowest BCUT2D eigenvalue weighted by Crippen LogP contribution is -2.43. The van der Waals surface area contributed by atoms with E-state index in [-0.39, 0.29) is 11.5 Å². The van der Waals surface area contributed by atoms with Gasteiger partial charge in [-0.1, -0.05) is 0 Å². The number of piperidine rings is 1. The second-order valence-electron chi connectivity index (χ2n) is 6.08. The van der Waals surface area contributed by atoms with Crippen LogP contribution < -0.4 is 5.32 Å². The van der Waals surface area contributed by atoms with E-state index in [0.717, 1.165) is 31.5 Å². The van der Waals surface area contributed by atoms with Crippen molar-refractivity contribution in [2.24, 2.45) is 5.92 Å². The molecule has 0 radical (unpaired) electrons. The van der Waals surface area contributed by atoms with Gasteiger partial charge in [0.1, 0.15) is 0 Å². The van der Waals surface area contributed by atoms with Gasteiger partial charge in [0, 0.05) is 23.6 Å². The fourth-order valence-electron chi connectivity index (χ4n) is 3.48. The summed E-state index contributed by atoms with van der Waals surface area (Å²) in [5.74, 6) is -1.56. The molecule has 3 nitrogen and oxygen atoms in total. The highest BCUT2D eigenvalue weighted by Crippen LogP contribution is 2.28. The Bertz CT molecular complexity index is 568. The van der Waals surface area contributed by atoms with Crippen LogP contribution in [0.2, 0.25) is 0 Å². The Morgan fingerprint density at radius 3 is 2.50 bits per heavy atom. The maximum atomic E-state index is 13.4. The zero-order valence-corrected chi connectivity index (χ0v) is 13.8. The van der Waals surface area contributed by atoms with Crippen molar-refractivity contribution >= 4 is 21.8 Å². The Hall–Kier alpha value is -1.01. The van der Waals surface area contributed by atoms with Gasteiger partial charge < -0.3 is 10.2 Å². The number of benzene rings is 1. The molecular formula is C16H19BrF2N2O. The Balaban J connectivity index is 1.65. The van der Waals surface area contributed by atoms with E-state index in [2.05, 4.69) is 21.2 Å². The van der Waals surface area contributed by atoms with Crippen molar-refractivity contribution in [1.29, 1.82) is 0 Å². The number of amides is 1. The third kappa shape index (κ3) is 3.18. The summed E-state index contributed by atoms with van der Waals surface area (Å²) in [7, 11) is 0. The molecule has 6 heteroatoms. The number of nitrogens with zero attached hydrogens (tertiary/aromatic N) is 1. The van der Waals surface area contributed by atoms with Gasteiger partial charge >= 0.3 is 0 Å². The second-order valence-corrected chi connectivity index (χ2v) is 6.93. The molecule has 22 heavy (non-hydrogen) atoms. The molecule has 2 aliphatic heterocycles. The monoisotopic (exact) mass is 372 g/mol. The number of hydrogen-bond acceptors (Lipinski definition) is 2. The van der Waals surface area contributed by atoms with Gasteiger partial charge in [-0.15, -0.1) is 0 Å². The predicted octanol–water partition coefficient (Wildman–Crippen LogP) is 3.33. The molecule has 0 aliphatic carbocycles. The zero-order valence-electron chi connectivity index (χ0n) is 12.2. The molecule has 1 amide bonds. The van der Waals surface area contributed by atoms with Crippen LogP contribution in [-0.4, -0.2) is 36.5 Å². The van der Waals surface area contributed by atoms with Crippen molar-refractivity contribution in [3.63, 3.8) is 0 Å². The lowest BCUT2D eigenvalue weighted by molar-refractivity contribution is 0.0673. The standard InChI is InChI=1S/C16H19BrF2N2O/c17-12-9-14(19)13(18)8-11(12)16(22)21-6-3-10(4-7-21)15-2-1-5-20-15/h8-10,15,20H,1-7H2. The van der Waals surface area contributed by atoms with Crippen molar-refractivity contribution in [3.05, 3.63) is 33.8 Å². The van der Waals surface area contributed by atoms with Crippen LogP contribution in [-0.2, 0) is 0 Å². The number of rotatable bonds is 2. The molecule has 0 aromatic heterocycles. The van der Waals surface area contributed by atoms with E-state index in [4.69, 9.17) is 0 Å². The van der Waals surface area contributed by atoms with E-state index >= 15 is 0 Å². The van der Waals surface area contributed by atoms with Crippen molar-refractivity contribution in [2.45, 2.75) is 31.7 Å². The molecule has 0 spiro atoms. The molecule has 2 saturated heterocycles. The minimum atomic E-state index is -0.989. The summed E-state index contributed by atoms with van der Waals surface area (Å²) >= 11 is 3.15. The Kier molecular flexibility index (Phi) is 4.78. The van der Waals surface area contributed by atoms with E-state index in [9.17, 15) is 13.6 Å². The molecule has 1 atom stereocenters. The number of hydrogen-bond donors (Lipinski definition) is 1. The molecule has 120 valence electrons. The smallest absolute Gasteiger partial charge is 0.255 e. The van der Waals surface area contributed by atoms with Gasteiger partial charge in [-0.05, 0) is 66.2 Å². The summed E-state index contributed by atoms with van der Waals surface area (Å²) in [6, 6.07) is 2.57. The summed E-state index contributed by atoms with van der Waals surface area (Å²) in [6.07, 6.45) is 4.37. The topological polar surface area (TPSA) is 32.3 Å². The summed E-state index contributed by atoms with van der Waals surface area (Å²) in [4.78, 5) is 14.2. The van der Waals surface area contributed by atoms with Gasteiger partial charge in [0.05, 0.1) is 5.56 Å². The number of carbonyl (C=O) groups excluding carboxylic acids is 1. The van der Waals surface area contributed by atoms with Crippen LogP contribution in [0, 0.1) is 17.6 Å². The SMILES string of the molecule is O=C(c1cc(F)c(F)cc1Br)N1CCC(C2CCCN2)CC1. The van der Waals surface area contributed by atoms with Crippen LogP contribution in [0.15, 0.2) is 16.6 Å². The fourth-order valence-corrected chi connectivity index (χ4v) is 3.96. The van der Waals surface area contributed by atoms with Gasteiger partial charge in [-0.2, -0.15) is 0 Å². The van der Waals surface area contributed by atoms with Gasteiger partial charge in [0.2, 0.25) is 0 Å². The van der Waals surface area contributed by atoms with E-state index in [1.807, 2.05) is 0 Å². The first-order chi connectivity index (χ1) is 10.6. The summed E-state index contributed by atoms with van der Waals surface area (Å²) in [6.45, 7) is 2.44. The fraction of sp³-hybridized carbons (Fsp3) is 0.562. The zero-order chi connectivity index (χ0) is 15.7. The van der Waals surface area contributed by atoms with Gasteiger partial charge in [0.25, 0.3) is 5.91 Å². The average molecular weight is 373 g/mol. The van der Waals surface area contributed by atoms with E-state index in [1.165, 1.54) is 12.8 Å². The maximum Gasteiger partial charge on any atom is 0.255 e. The summed E-state index contributed by atoms with van der Waals surface area (Å²) in [5.41, 5.74) is 0.191. The first kappa shape index (κ1) is 15.9. The first-order valence-corrected chi connectivity index (χ1v) is 8.53. The second kappa shape index (κ2) is 6.62. The third-order valence-electron chi connectivity index (χ3n) is 4.73. The van der Waals surface area contributed by atoms with Crippen molar-refractivity contribution in [2.75, 3.05) is 19.6 Å². The molecule has 1 N–H and O–H groups in total. The highest BCUT2D eigenvalue weighted by molar-refractivity contribution is 9.10. The third-order valence-corrected chi connectivity index (χ3v) is 5.39. The molecule has 0 bridgehead atoms. The van der Waals surface area contributed by atoms with E-state index in [0.29, 0.717) is 29.5 Å². The molecule has 1 unspecified atom stereocenters. The van der Waals surface area contributed by atoms with Crippen LogP contribution in [0.25, 0.3) is 0 Å². The highest BCUT2D eigenvalue weighted by atomic mass is 79.9. The highest BCUT2D eigenvalue weighted by Gasteiger charge is 2.30. The molecule has 2 fully saturated rings. The summed E-state index contributed by atoms with van der Waals surface area (Å²) in [5, 5.41) is 3.52. The average Bonchev–Trinajstić information content (AvgIpc) is 3.05. The largest absolute Gasteiger partial charge is 0.339 e. The predicted molar refractivity (Wildman–Crippen MR) is 83.7 cm³/mol. The number of halogens is 3. The summed E-state index contributed by atoms with van der Waals surface area (Å²) < 4.78 is 26.8. The minimum absolute atomic E-state index is 0.191. The lowest BCUT2D eigenvalue weighted by Gasteiger charge is -2.35. The van der Waals surface area contributed by atoms with Gasteiger partial charge in [0.15, 0.2) is 11.6 Å². The molecule has 2 aliphatic rings.